The van der Waals surface area contributed by atoms with Crippen molar-refractivity contribution in [3.8, 4) is 0 Å². The summed E-state index contributed by atoms with van der Waals surface area (Å²) in [6.07, 6.45) is 7.04. The quantitative estimate of drug-likeness (QED) is 0.342. The van der Waals surface area contributed by atoms with Gasteiger partial charge in [-0.05, 0) is 19.1 Å². The maximum Gasteiger partial charge on any atom is 0.334 e. The number of carbonyl (C=O) groups is 1. The zero-order chi connectivity index (χ0) is 14.1. The summed E-state index contributed by atoms with van der Waals surface area (Å²) in [5, 5.41) is 3.30. The van der Waals surface area contributed by atoms with Crippen molar-refractivity contribution in [1.29, 1.82) is 0 Å². The number of nitrogens with zero attached hydrogens (tertiary/aromatic N) is 1. The predicted octanol–water partition coefficient (Wildman–Crippen LogP) is 1.64. The topological polar surface area (TPSA) is 41.6 Å². The van der Waals surface area contributed by atoms with Crippen LogP contribution in [0.1, 0.15) is 6.92 Å². The third kappa shape index (κ3) is 5.14. The molecule has 1 heterocycles. The molecule has 1 fully saturated rings. The molecule has 4 heteroatoms. The Balaban J connectivity index is 2.66. The summed E-state index contributed by atoms with van der Waals surface area (Å²) in [4.78, 5) is 13.8. The normalized spacial score (nSPS) is 17.0. The van der Waals surface area contributed by atoms with E-state index in [1.807, 2.05) is 12.2 Å². The molecule has 0 aromatic carbocycles. The molecule has 19 heavy (non-hydrogen) atoms. The van der Waals surface area contributed by atoms with Gasteiger partial charge in [-0.3, -0.25) is 0 Å². The molecule has 0 aromatic rings. The maximum atomic E-state index is 11.6. The molecule has 0 spiro atoms. The van der Waals surface area contributed by atoms with Gasteiger partial charge in [-0.2, -0.15) is 0 Å². The highest BCUT2D eigenvalue weighted by molar-refractivity contribution is 5.88. The molecule has 1 aliphatic rings. The monoisotopic (exact) mass is 262 g/mol. The summed E-state index contributed by atoms with van der Waals surface area (Å²) in [7, 11) is 0. The molecule has 0 aromatic heterocycles. The SMILES string of the molecule is C=CCOC(=O)/C(C)=C/C=C(\C=C)N1CCNCC1. The van der Waals surface area contributed by atoms with Crippen LogP contribution in [0.3, 0.4) is 0 Å². The van der Waals surface area contributed by atoms with Crippen LogP contribution in [0, 0.1) is 0 Å². The van der Waals surface area contributed by atoms with Gasteiger partial charge >= 0.3 is 5.97 Å². The third-order valence-electron chi connectivity index (χ3n) is 2.85. The first kappa shape index (κ1) is 15.2. The minimum Gasteiger partial charge on any atom is -0.458 e. The first-order valence-electron chi connectivity index (χ1n) is 6.43. The van der Waals surface area contributed by atoms with Gasteiger partial charge in [0, 0.05) is 37.4 Å². The van der Waals surface area contributed by atoms with E-state index in [-0.39, 0.29) is 12.6 Å². The zero-order valence-electron chi connectivity index (χ0n) is 11.5. The predicted molar refractivity (Wildman–Crippen MR) is 77.6 cm³/mol. The Hall–Kier alpha value is -1.81. The fourth-order valence-electron chi connectivity index (χ4n) is 1.75. The number of hydrogen-bond donors (Lipinski definition) is 1. The Labute approximate surface area is 115 Å². The average Bonchev–Trinajstić information content (AvgIpc) is 2.46. The lowest BCUT2D eigenvalue weighted by Crippen LogP contribution is -2.42. The second-order valence-corrected chi connectivity index (χ2v) is 4.27. The highest BCUT2D eigenvalue weighted by Crippen LogP contribution is 2.08. The number of carbonyl (C=O) groups excluding carboxylic acids is 1. The van der Waals surface area contributed by atoms with E-state index in [1.54, 1.807) is 19.1 Å². The molecule has 0 aliphatic carbocycles. The minimum absolute atomic E-state index is 0.236. The van der Waals surface area contributed by atoms with Crippen molar-refractivity contribution in [3.63, 3.8) is 0 Å². The Morgan fingerprint density at radius 3 is 2.58 bits per heavy atom. The van der Waals surface area contributed by atoms with E-state index >= 15 is 0 Å². The average molecular weight is 262 g/mol. The van der Waals surface area contributed by atoms with Crippen LogP contribution in [-0.2, 0) is 9.53 Å². The van der Waals surface area contributed by atoms with E-state index in [9.17, 15) is 4.79 Å². The van der Waals surface area contributed by atoms with E-state index in [0.29, 0.717) is 5.57 Å². The summed E-state index contributed by atoms with van der Waals surface area (Å²) in [6, 6.07) is 0. The first-order valence-corrected chi connectivity index (χ1v) is 6.43. The molecular formula is C15H22N2O2. The van der Waals surface area contributed by atoms with Crippen LogP contribution in [0.2, 0.25) is 0 Å². The summed E-state index contributed by atoms with van der Waals surface area (Å²) in [5.74, 6) is -0.320. The molecule has 0 atom stereocenters. The molecule has 0 unspecified atom stereocenters. The number of rotatable bonds is 6. The van der Waals surface area contributed by atoms with Crippen LogP contribution in [0.4, 0.5) is 0 Å². The lowest BCUT2D eigenvalue weighted by Gasteiger charge is -2.30. The standard InChI is InChI=1S/C15H22N2O2/c1-4-12-19-15(18)13(3)6-7-14(5-2)17-10-8-16-9-11-17/h4-7,16H,1-2,8-12H2,3H3/b13-6+,14-7+. The molecule has 0 amide bonds. The number of allylic oxidation sites excluding steroid dienone is 3. The van der Waals surface area contributed by atoms with Gasteiger partial charge in [0.1, 0.15) is 6.61 Å². The smallest absolute Gasteiger partial charge is 0.334 e. The molecule has 1 aliphatic heterocycles. The van der Waals surface area contributed by atoms with Gasteiger partial charge in [0.2, 0.25) is 0 Å². The Morgan fingerprint density at radius 2 is 2.00 bits per heavy atom. The van der Waals surface area contributed by atoms with Crippen molar-refractivity contribution in [3.05, 3.63) is 48.7 Å². The molecule has 104 valence electrons. The van der Waals surface area contributed by atoms with Gasteiger partial charge in [-0.15, -0.1) is 0 Å². The van der Waals surface area contributed by atoms with E-state index in [1.165, 1.54) is 0 Å². The van der Waals surface area contributed by atoms with Crippen molar-refractivity contribution in [2.45, 2.75) is 6.92 Å². The van der Waals surface area contributed by atoms with E-state index < -0.39 is 0 Å². The molecular weight excluding hydrogens is 240 g/mol. The van der Waals surface area contributed by atoms with Gasteiger partial charge < -0.3 is 15.0 Å². The Morgan fingerprint density at radius 1 is 1.32 bits per heavy atom. The summed E-state index contributed by atoms with van der Waals surface area (Å²) >= 11 is 0. The van der Waals surface area contributed by atoms with E-state index in [0.717, 1.165) is 31.9 Å². The number of piperazine rings is 1. The molecule has 1 saturated heterocycles. The van der Waals surface area contributed by atoms with Crippen LogP contribution < -0.4 is 5.32 Å². The van der Waals surface area contributed by atoms with E-state index in [2.05, 4.69) is 23.4 Å². The summed E-state index contributed by atoms with van der Waals surface area (Å²) in [6.45, 7) is 13.1. The number of ether oxygens (including phenoxy) is 1. The van der Waals surface area contributed by atoms with Crippen molar-refractivity contribution >= 4 is 5.97 Å². The van der Waals surface area contributed by atoms with Crippen LogP contribution in [-0.4, -0.2) is 43.7 Å². The maximum absolute atomic E-state index is 11.6. The van der Waals surface area contributed by atoms with E-state index in [4.69, 9.17) is 4.74 Å². The van der Waals surface area contributed by atoms with Crippen molar-refractivity contribution in [1.82, 2.24) is 10.2 Å². The fraction of sp³-hybridized carbons (Fsp3) is 0.400. The zero-order valence-corrected chi connectivity index (χ0v) is 11.5. The number of hydrogen-bond acceptors (Lipinski definition) is 4. The van der Waals surface area contributed by atoms with Crippen molar-refractivity contribution in [2.24, 2.45) is 0 Å². The largest absolute Gasteiger partial charge is 0.458 e. The van der Waals surface area contributed by atoms with Crippen LogP contribution in [0.15, 0.2) is 48.7 Å². The molecule has 0 bridgehead atoms. The lowest BCUT2D eigenvalue weighted by atomic mass is 10.2. The van der Waals surface area contributed by atoms with Crippen LogP contribution >= 0.6 is 0 Å². The van der Waals surface area contributed by atoms with Gasteiger partial charge in [0.15, 0.2) is 0 Å². The highest BCUT2D eigenvalue weighted by atomic mass is 16.5. The van der Waals surface area contributed by atoms with Crippen molar-refractivity contribution in [2.75, 3.05) is 32.8 Å². The lowest BCUT2D eigenvalue weighted by molar-refractivity contribution is -0.137. The van der Waals surface area contributed by atoms with Crippen molar-refractivity contribution < 1.29 is 9.53 Å². The highest BCUT2D eigenvalue weighted by Gasteiger charge is 2.10. The van der Waals surface area contributed by atoms with Crippen LogP contribution in [0.25, 0.3) is 0 Å². The first-order chi connectivity index (χ1) is 9.19. The summed E-state index contributed by atoms with van der Waals surface area (Å²) in [5.41, 5.74) is 1.59. The minimum atomic E-state index is -0.320. The second-order valence-electron chi connectivity index (χ2n) is 4.27. The molecule has 1 N–H and O–H groups in total. The Kier molecular flexibility index (Phi) is 6.68. The van der Waals surface area contributed by atoms with Gasteiger partial charge in [-0.25, -0.2) is 4.79 Å². The number of nitrogens with one attached hydrogen (secondary N) is 1. The molecule has 0 saturated carbocycles. The van der Waals surface area contributed by atoms with Gasteiger partial charge in [-0.1, -0.05) is 25.3 Å². The summed E-state index contributed by atoms with van der Waals surface area (Å²) < 4.78 is 4.96. The van der Waals surface area contributed by atoms with Gasteiger partial charge in [0.25, 0.3) is 0 Å². The molecule has 4 nitrogen and oxygen atoms in total. The fourth-order valence-corrected chi connectivity index (χ4v) is 1.75. The molecule has 1 rings (SSSR count). The third-order valence-corrected chi connectivity index (χ3v) is 2.85. The molecule has 0 radical (unpaired) electrons. The van der Waals surface area contributed by atoms with Gasteiger partial charge in [0.05, 0.1) is 0 Å². The number of esters is 1. The van der Waals surface area contributed by atoms with Crippen LogP contribution in [0.5, 0.6) is 0 Å². The Bertz CT molecular complexity index is 391. The second kappa shape index (κ2) is 8.32.